The van der Waals surface area contributed by atoms with E-state index in [1.54, 1.807) is 17.5 Å². The van der Waals surface area contributed by atoms with Crippen LogP contribution in [-0.2, 0) is 6.42 Å². The fourth-order valence-electron chi connectivity index (χ4n) is 1.62. The van der Waals surface area contributed by atoms with Crippen molar-refractivity contribution in [2.24, 2.45) is 0 Å². The van der Waals surface area contributed by atoms with E-state index in [2.05, 4.69) is 29.1 Å². The third-order valence-electron chi connectivity index (χ3n) is 2.81. The van der Waals surface area contributed by atoms with Crippen LogP contribution in [0.15, 0.2) is 18.5 Å². The van der Waals surface area contributed by atoms with Gasteiger partial charge < -0.3 is 11.1 Å². The van der Waals surface area contributed by atoms with Crippen molar-refractivity contribution < 1.29 is 0 Å². The van der Waals surface area contributed by atoms with Gasteiger partial charge in [-0.05, 0) is 31.9 Å². The second-order valence-electron chi connectivity index (χ2n) is 4.31. The Balaban J connectivity index is 2.10. The average molecular weight is 262 g/mol. The molecule has 1 unspecified atom stereocenters. The molecule has 0 saturated heterocycles. The van der Waals surface area contributed by atoms with Gasteiger partial charge in [-0.15, -0.1) is 11.3 Å². The summed E-state index contributed by atoms with van der Waals surface area (Å²) in [5.41, 5.74) is 7.50. The standard InChI is InChI=1S/C13H18N4S/c1-4-10-6-16-13(18-10)9(3)17-12-5-8(2)11(14)7-15-12/h5-7,9H,4,14H2,1-3H3,(H,15,17). The Bertz CT molecular complexity index is 536. The van der Waals surface area contributed by atoms with Crippen molar-refractivity contribution >= 4 is 22.8 Å². The summed E-state index contributed by atoms with van der Waals surface area (Å²) < 4.78 is 0. The Morgan fingerprint density at radius 2 is 2.17 bits per heavy atom. The number of nitrogens with one attached hydrogen (secondary N) is 1. The van der Waals surface area contributed by atoms with Gasteiger partial charge in [0.05, 0.1) is 17.9 Å². The maximum atomic E-state index is 5.75. The summed E-state index contributed by atoms with van der Waals surface area (Å²) in [7, 11) is 0. The molecule has 5 heteroatoms. The van der Waals surface area contributed by atoms with E-state index >= 15 is 0 Å². The second-order valence-corrected chi connectivity index (χ2v) is 5.46. The van der Waals surface area contributed by atoms with Gasteiger partial charge in [-0.1, -0.05) is 6.92 Å². The molecule has 3 N–H and O–H groups in total. The van der Waals surface area contributed by atoms with Crippen molar-refractivity contribution in [3.63, 3.8) is 0 Å². The van der Waals surface area contributed by atoms with Gasteiger partial charge in [0.15, 0.2) is 0 Å². The highest BCUT2D eigenvalue weighted by atomic mass is 32.1. The van der Waals surface area contributed by atoms with Gasteiger partial charge in [-0.2, -0.15) is 0 Å². The molecule has 0 aliphatic rings. The van der Waals surface area contributed by atoms with E-state index in [0.29, 0.717) is 0 Å². The number of anilines is 2. The molecule has 1 atom stereocenters. The normalized spacial score (nSPS) is 12.4. The smallest absolute Gasteiger partial charge is 0.126 e. The summed E-state index contributed by atoms with van der Waals surface area (Å²) in [5.74, 6) is 0.836. The summed E-state index contributed by atoms with van der Waals surface area (Å²) >= 11 is 1.74. The molecular formula is C13H18N4S. The summed E-state index contributed by atoms with van der Waals surface area (Å²) in [4.78, 5) is 10.0. The molecular weight excluding hydrogens is 244 g/mol. The molecule has 0 spiro atoms. The third-order valence-corrected chi connectivity index (χ3v) is 4.13. The second kappa shape index (κ2) is 5.35. The fourth-order valence-corrected chi connectivity index (χ4v) is 2.47. The Hall–Kier alpha value is -1.62. The number of thiazole rings is 1. The molecule has 0 saturated carbocycles. The number of pyridine rings is 1. The van der Waals surface area contributed by atoms with Crippen LogP contribution in [0.5, 0.6) is 0 Å². The summed E-state index contributed by atoms with van der Waals surface area (Å²) in [5, 5.41) is 4.43. The molecule has 18 heavy (non-hydrogen) atoms. The zero-order valence-electron chi connectivity index (χ0n) is 10.9. The lowest BCUT2D eigenvalue weighted by atomic mass is 10.2. The summed E-state index contributed by atoms with van der Waals surface area (Å²) in [6.07, 6.45) is 4.66. The van der Waals surface area contributed by atoms with Crippen LogP contribution in [0.2, 0.25) is 0 Å². The van der Waals surface area contributed by atoms with Crippen molar-refractivity contribution in [3.05, 3.63) is 33.9 Å². The van der Waals surface area contributed by atoms with Gasteiger partial charge in [0, 0.05) is 11.1 Å². The SMILES string of the molecule is CCc1cnc(C(C)Nc2cc(C)c(N)cn2)s1. The lowest BCUT2D eigenvalue weighted by Crippen LogP contribution is -2.08. The highest BCUT2D eigenvalue weighted by Gasteiger charge is 2.10. The first-order chi connectivity index (χ1) is 8.60. The number of nitrogens with zero attached hydrogens (tertiary/aromatic N) is 2. The van der Waals surface area contributed by atoms with E-state index in [-0.39, 0.29) is 6.04 Å². The first kappa shape index (κ1) is 12.8. The van der Waals surface area contributed by atoms with E-state index in [1.807, 2.05) is 19.2 Å². The summed E-state index contributed by atoms with van der Waals surface area (Å²) in [6, 6.07) is 2.12. The van der Waals surface area contributed by atoms with Gasteiger partial charge in [0.1, 0.15) is 10.8 Å². The van der Waals surface area contributed by atoms with Crippen LogP contribution in [0.4, 0.5) is 11.5 Å². The van der Waals surface area contributed by atoms with Gasteiger partial charge in [0.2, 0.25) is 0 Å². The largest absolute Gasteiger partial charge is 0.397 e. The summed E-state index contributed by atoms with van der Waals surface area (Å²) in [6.45, 7) is 6.21. The number of hydrogen-bond acceptors (Lipinski definition) is 5. The molecule has 2 aromatic rings. The molecule has 4 nitrogen and oxygen atoms in total. The molecule has 96 valence electrons. The molecule has 0 radical (unpaired) electrons. The number of nitrogens with two attached hydrogens (primary N) is 1. The van der Waals surface area contributed by atoms with Gasteiger partial charge in [0.25, 0.3) is 0 Å². The Kier molecular flexibility index (Phi) is 3.81. The molecule has 2 aromatic heterocycles. The van der Waals surface area contributed by atoms with Crippen molar-refractivity contribution in [1.29, 1.82) is 0 Å². The molecule has 2 rings (SSSR count). The van der Waals surface area contributed by atoms with Crippen molar-refractivity contribution in [2.45, 2.75) is 33.2 Å². The van der Waals surface area contributed by atoms with Gasteiger partial charge >= 0.3 is 0 Å². The fraction of sp³-hybridized carbons (Fsp3) is 0.385. The molecule has 0 aliphatic heterocycles. The molecule has 0 fully saturated rings. The van der Waals surface area contributed by atoms with E-state index in [1.165, 1.54) is 4.88 Å². The maximum absolute atomic E-state index is 5.75. The molecule has 0 aliphatic carbocycles. The minimum Gasteiger partial charge on any atom is -0.397 e. The van der Waals surface area contributed by atoms with E-state index < -0.39 is 0 Å². The van der Waals surface area contributed by atoms with Crippen LogP contribution in [0, 0.1) is 6.92 Å². The molecule has 0 amide bonds. The zero-order chi connectivity index (χ0) is 13.1. The lowest BCUT2D eigenvalue weighted by Gasteiger charge is -2.12. The first-order valence-corrected chi connectivity index (χ1v) is 6.85. The number of aromatic nitrogens is 2. The van der Waals surface area contributed by atoms with Crippen LogP contribution in [0.25, 0.3) is 0 Å². The van der Waals surface area contributed by atoms with Crippen LogP contribution in [0.1, 0.15) is 35.3 Å². The average Bonchev–Trinajstić information content (AvgIpc) is 2.82. The minimum atomic E-state index is 0.158. The number of aryl methyl sites for hydroxylation is 2. The van der Waals surface area contributed by atoms with Crippen LogP contribution < -0.4 is 11.1 Å². The molecule has 0 aromatic carbocycles. The molecule has 0 bridgehead atoms. The van der Waals surface area contributed by atoms with Gasteiger partial charge in [-0.3, -0.25) is 0 Å². The number of nitrogen functional groups attached to an aromatic ring is 1. The number of hydrogen-bond donors (Lipinski definition) is 2. The first-order valence-electron chi connectivity index (χ1n) is 6.03. The van der Waals surface area contributed by atoms with Crippen LogP contribution >= 0.6 is 11.3 Å². The minimum absolute atomic E-state index is 0.158. The van der Waals surface area contributed by atoms with Crippen molar-refractivity contribution in [1.82, 2.24) is 9.97 Å². The Labute approximate surface area is 111 Å². The van der Waals surface area contributed by atoms with Crippen molar-refractivity contribution in [3.8, 4) is 0 Å². The number of rotatable bonds is 4. The third kappa shape index (κ3) is 2.79. The monoisotopic (exact) mass is 262 g/mol. The van der Waals surface area contributed by atoms with E-state index in [0.717, 1.165) is 28.5 Å². The van der Waals surface area contributed by atoms with E-state index in [4.69, 9.17) is 5.73 Å². The topological polar surface area (TPSA) is 63.8 Å². The highest BCUT2D eigenvalue weighted by Crippen LogP contribution is 2.24. The molecule has 2 heterocycles. The quantitative estimate of drug-likeness (QED) is 0.888. The van der Waals surface area contributed by atoms with Crippen LogP contribution in [-0.4, -0.2) is 9.97 Å². The van der Waals surface area contributed by atoms with Gasteiger partial charge in [-0.25, -0.2) is 9.97 Å². The maximum Gasteiger partial charge on any atom is 0.126 e. The predicted octanol–water partition coefficient (Wildman–Crippen LogP) is 3.16. The van der Waals surface area contributed by atoms with Crippen molar-refractivity contribution in [2.75, 3.05) is 11.1 Å². The van der Waals surface area contributed by atoms with E-state index in [9.17, 15) is 0 Å². The highest BCUT2D eigenvalue weighted by molar-refractivity contribution is 7.11. The van der Waals surface area contributed by atoms with Crippen LogP contribution in [0.3, 0.4) is 0 Å². The Morgan fingerprint density at radius 3 is 2.78 bits per heavy atom. The Morgan fingerprint density at radius 1 is 1.39 bits per heavy atom. The zero-order valence-corrected chi connectivity index (χ0v) is 11.7. The lowest BCUT2D eigenvalue weighted by molar-refractivity contribution is 0.860. The predicted molar refractivity (Wildman–Crippen MR) is 76.9 cm³/mol.